The number of carbonyl (C=O) groups is 1. The Morgan fingerprint density at radius 1 is 1.10 bits per heavy atom. The molecule has 1 aromatic rings. The smallest absolute Gasteiger partial charge is 0.170 e. The highest BCUT2D eigenvalue weighted by Crippen LogP contribution is 2.54. The summed E-state index contributed by atoms with van der Waals surface area (Å²) in [5, 5.41) is -0.510. The van der Waals surface area contributed by atoms with E-state index < -0.39 is 10.6 Å². The number of rotatable bonds is 4. The number of aryl methyl sites for hydroxylation is 3. The summed E-state index contributed by atoms with van der Waals surface area (Å²) < 4.78 is 11.7. The molecular weight excluding hydrogens is 279 g/mol. The molecule has 0 aliphatic heterocycles. The molecule has 0 amide bonds. The zero-order valence-electron chi connectivity index (χ0n) is 13.7. The van der Waals surface area contributed by atoms with Crippen LogP contribution in [0.15, 0.2) is 12.1 Å². The van der Waals surface area contributed by atoms with Gasteiger partial charge in [0.15, 0.2) is 14.2 Å². The average molecular weight is 304 g/mol. The van der Waals surface area contributed by atoms with E-state index in [0.29, 0.717) is 0 Å². The SMILES string of the molecule is Cc1cc(C)c(C(=O)C2(C(C)(C)P=O)CCCC2)c(C)c1. The van der Waals surface area contributed by atoms with Crippen molar-refractivity contribution in [3.8, 4) is 0 Å². The Morgan fingerprint density at radius 3 is 2.00 bits per heavy atom. The summed E-state index contributed by atoms with van der Waals surface area (Å²) in [6, 6.07) is 4.15. The molecule has 0 unspecified atom stereocenters. The quantitative estimate of drug-likeness (QED) is 0.549. The second-order valence-corrected chi connectivity index (χ2v) is 8.34. The lowest BCUT2D eigenvalue weighted by Crippen LogP contribution is -2.44. The van der Waals surface area contributed by atoms with Crippen LogP contribution in [0.3, 0.4) is 0 Å². The van der Waals surface area contributed by atoms with E-state index in [1.165, 1.54) is 5.56 Å². The van der Waals surface area contributed by atoms with E-state index in [2.05, 4.69) is 19.1 Å². The van der Waals surface area contributed by atoms with E-state index in [-0.39, 0.29) is 14.2 Å². The van der Waals surface area contributed by atoms with Crippen LogP contribution >= 0.6 is 8.46 Å². The van der Waals surface area contributed by atoms with Crippen molar-refractivity contribution in [1.82, 2.24) is 0 Å². The van der Waals surface area contributed by atoms with E-state index in [0.717, 1.165) is 42.4 Å². The maximum Gasteiger partial charge on any atom is 0.170 e. The molecule has 2 rings (SSSR count). The fraction of sp³-hybridized carbons (Fsp3) is 0.611. The lowest BCUT2D eigenvalue weighted by atomic mass is 9.68. The van der Waals surface area contributed by atoms with Gasteiger partial charge in [-0.15, -0.1) is 0 Å². The third-order valence-corrected chi connectivity index (χ3v) is 6.08. The molecule has 1 aromatic carbocycles. The van der Waals surface area contributed by atoms with Gasteiger partial charge >= 0.3 is 0 Å². The summed E-state index contributed by atoms with van der Waals surface area (Å²) in [4.78, 5) is 13.4. The van der Waals surface area contributed by atoms with Gasteiger partial charge in [-0.05, 0) is 58.6 Å². The summed E-state index contributed by atoms with van der Waals surface area (Å²) >= 11 is 0. The Bertz CT molecular complexity index is 558. The number of hydrogen-bond acceptors (Lipinski definition) is 2. The van der Waals surface area contributed by atoms with Crippen molar-refractivity contribution in [1.29, 1.82) is 0 Å². The molecule has 0 heterocycles. The highest BCUT2D eigenvalue weighted by Gasteiger charge is 2.53. The maximum absolute atomic E-state index is 13.4. The molecule has 3 heteroatoms. The maximum atomic E-state index is 13.4. The predicted octanol–water partition coefficient (Wildman–Crippen LogP) is 5.43. The molecule has 1 aliphatic carbocycles. The number of carbonyl (C=O) groups excluding carboxylic acids is 1. The first-order valence-electron chi connectivity index (χ1n) is 7.72. The highest BCUT2D eigenvalue weighted by atomic mass is 31.1. The first-order chi connectivity index (χ1) is 9.75. The molecule has 0 atom stereocenters. The Kier molecular flexibility index (Phi) is 4.40. The van der Waals surface area contributed by atoms with Crippen molar-refractivity contribution in [2.24, 2.45) is 5.41 Å². The van der Waals surface area contributed by atoms with Crippen molar-refractivity contribution in [3.63, 3.8) is 0 Å². The molecule has 21 heavy (non-hydrogen) atoms. The fourth-order valence-electron chi connectivity index (χ4n) is 3.96. The van der Waals surface area contributed by atoms with E-state index in [4.69, 9.17) is 0 Å². The van der Waals surface area contributed by atoms with Gasteiger partial charge in [0, 0.05) is 11.0 Å². The van der Waals surface area contributed by atoms with Crippen molar-refractivity contribution in [2.45, 2.75) is 65.5 Å². The molecule has 0 aromatic heterocycles. The van der Waals surface area contributed by atoms with Gasteiger partial charge in [0.25, 0.3) is 0 Å². The molecular formula is C18H25O2P. The van der Waals surface area contributed by atoms with Crippen LogP contribution in [-0.2, 0) is 4.57 Å². The molecule has 114 valence electrons. The minimum absolute atomic E-state index is 0.0689. The van der Waals surface area contributed by atoms with Gasteiger partial charge in [-0.25, -0.2) is 0 Å². The minimum Gasteiger partial charge on any atom is -0.293 e. The van der Waals surface area contributed by atoms with E-state index in [1.807, 2.05) is 27.7 Å². The Balaban J connectivity index is 2.58. The summed E-state index contributed by atoms with van der Waals surface area (Å²) in [6.45, 7) is 10.0. The molecule has 1 aliphatic rings. The van der Waals surface area contributed by atoms with Crippen LogP contribution in [-0.4, -0.2) is 10.9 Å². The molecule has 0 radical (unpaired) electrons. The molecule has 0 saturated heterocycles. The second kappa shape index (κ2) is 5.65. The Labute approximate surface area is 129 Å². The topological polar surface area (TPSA) is 34.1 Å². The van der Waals surface area contributed by atoms with E-state index in [9.17, 15) is 9.36 Å². The van der Waals surface area contributed by atoms with Crippen LogP contribution < -0.4 is 0 Å². The molecule has 0 N–H and O–H groups in total. The van der Waals surface area contributed by atoms with Gasteiger partial charge in [0.1, 0.15) is 0 Å². The predicted molar refractivity (Wildman–Crippen MR) is 87.6 cm³/mol. The van der Waals surface area contributed by atoms with Gasteiger partial charge in [-0.2, -0.15) is 0 Å². The van der Waals surface area contributed by atoms with Crippen molar-refractivity contribution in [2.75, 3.05) is 0 Å². The first-order valence-corrected chi connectivity index (χ1v) is 8.53. The lowest BCUT2D eigenvalue weighted by Gasteiger charge is -2.39. The summed E-state index contributed by atoms with van der Waals surface area (Å²) in [7, 11) is 0.0689. The summed E-state index contributed by atoms with van der Waals surface area (Å²) in [6.07, 6.45) is 3.80. The number of ketones is 1. The fourth-order valence-corrected chi connectivity index (χ4v) is 4.46. The monoisotopic (exact) mass is 304 g/mol. The number of Topliss-reactive ketones (excluding diaryl/α,β-unsaturated/α-hetero) is 1. The Hall–Kier alpha value is -1.01. The van der Waals surface area contributed by atoms with Crippen molar-refractivity contribution >= 4 is 14.2 Å². The molecule has 0 spiro atoms. The van der Waals surface area contributed by atoms with Gasteiger partial charge < -0.3 is 0 Å². The average Bonchev–Trinajstić information content (AvgIpc) is 2.88. The van der Waals surface area contributed by atoms with Gasteiger partial charge in [-0.3, -0.25) is 9.36 Å². The summed E-state index contributed by atoms with van der Waals surface area (Å²) in [5.41, 5.74) is 3.63. The van der Waals surface area contributed by atoms with Crippen molar-refractivity contribution < 1.29 is 9.36 Å². The third-order valence-electron chi connectivity index (χ3n) is 5.20. The van der Waals surface area contributed by atoms with Crippen LogP contribution in [0.1, 0.15) is 66.6 Å². The van der Waals surface area contributed by atoms with Gasteiger partial charge in [0.05, 0.1) is 5.16 Å². The number of benzene rings is 1. The molecule has 1 fully saturated rings. The lowest BCUT2D eigenvalue weighted by molar-refractivity contribution is 0.0740. The summed E-state index contributed by atoms with van der Waals surface area (Å²) in [5.74, 6) is 0.198. The standard InChI is InChI=1S/C18H25O2P/c1-12-10-13(2)15(14(3)11-12)16(19)18(8-6-7-9-18)17(4,5)21-20/h10-11H,6-9H2,1-5H3. The van der Waals surface area contributed by atoms with Crippen molar-refractivity contribution in [3.05, 3.63) is 34.4 Å². The Morgan fingerprint density at radius 2 is 1.57 bits per heavy atom. The normalized spacial score (nSPS) is 18.1. The first kappa shape index (κ1) is 16.4. The van der Waals surface area contributed by atoms with Crippen LogP contribution in [0, 0.1) is 26.2 Å². The van der Waals surface area contributed by atoms with Crippen LogP contribution in [0.5, 0.6) is 0 Å². The van der Waals surface area contributed by atoms with Gasteiger partial charge in [0.2, 0.25) is 0 Å². The minimum atomic E-state index is -0.510. The zero-order valence-corrected chi connectivity index (χ0v) is 14.6. The third kappa shape index (κ3) is 2.59. The number of hydrogen-bond donors (Lipinski definition) is 0. The molecule has 0 bridgehead atoms. The molecule has 1 saturated carbocycles. The molecule has 2 nitrogen and oxygen atoms in total. The second-order valence-electron chi connectivity index (χ2n) is 7.04. The zero-order chi connectivity index (χ0) is 15.8. The largest absolute Gasteiger partial charge is 0.293 e. The van der Waals surface area contributed by atoms with Crippen LogP contribution in [0.2, 0.25) is 0 Å². The van der Waals surface area contributed by atoms with E-state index >= 15 is 0 Å². The van der Waals surface area contributed by atoms with E-state index in [1.54, 1.807) is 0 Å². The van der Waals surface area contributed by atoms with Crippen LogP contribution in [0.25, 0.3) is 0 Å². The van der Waals surface area contributed by atoms with Crippen LogP contribution in [0.4, 0.5) is 0 Å². The highest BCUT2D eigenvalue weighted by molar-refractivity contribution is 7.26. The van der Waals surface area contributed by atoms with Gasteiger partial charge in [-0.1, -0.05) is 30.5 Å².